The molecule has 1 aliphatic carbocycles. The first-order chi connectivity index (χ1) is 6.53. The van der Waals surface area contributed by atoms with Gasteiger partial charge in [0, 0.05) is 5.54 Å². The number of nitrogens with two attached hydrogens (primary N) is 1. The highest BCUT2D eigenvalue weighted by molar-refractivity contribution is 5.39. The molecule has 76 valence electrons. The molecule has 0 unspecified atom stereocenters. The fraction of sp³-hybridized carbons (Fsp3) is 0.500. The van der Waals surface area contributed by atoms with E-state index < -0.39 is 0 Å². The Hall–Kier alpha value is -0.890. The van der Waals surface area contributed by atoms with E-state index in [-0.39, 0.29) is 11.4 Å². The first-order valence-corrected chi connectivity index (χ1v) is 5.12. The molecule has 1 saturated carbocycles. The summed E-state index contributed by atoms with van der Waals surface area (Å²) in [4.78, 5) is 0. The summed E-state index contributed by atoms with van der Waals surface area (Å²) in [5.41, 5.74) is 8.07. The Balaban J connectivity index is 2.49. The van der Waals surface area contributed by atoms with Crippen LogP contribution in [-0.4, -0.2) is 0 Å². The SMILES string of the molecule is CC(C)c1ccc(F)cc1C1(N)CC1. The van der Waals surface area contributed by atoms with E-state index in [1.165, 1.54) is 11.6 Å². The molecule has 0 atom stereocenters. The highest BCUT2D eigenvalue weighted by Crippen LogP contribution is 2.45. The molecule has 2 heteroatoms. The van der Waals surface area contributed by atoms with E-state index in [1.54, 1.807) is 6.07 Å². The molecule has 1 aromatic carbocycles. The van der Waals surface area contributed by atoms with Crippen LogP contribution in [-0.2, 0) is 5.54 Å². The zero-order valence-corrected chi connectivity index (χ0v) is 8.68. The quantitative estimate of drug-likeness (QED) is 0.767. The van der Waals surface area contributed by atoms with Crippen molar-refractivity contribution < 1.29 is 4.39 Å². The van der Waals surface area contributed by atoms with Crippen molar-refractivity contribution in [1.82, 2.24) is 0 Å². The number of benzene rings is 1. The van der Waals surface area contributed by atoms with Crippen LogP contribution in [0.1, 0.15) is 43.7 Å². The highest BCUT2D eigenvalue weighted by Gasteiger charge is 2.41. The first kappa shape index (κ1) is 9.66. The van der Waals surface area contributed by atoms with Gasteiger partial charge in [0.15, 0.2) is 0 Å². The standard InChI is InChI=1S/C12H16FN/c1-8(2)10-4-3-9(13)7-11(10)12(14)5-6-12/h3-4,7-8H,5-6,14H2,1-2H3. The number of hydrogen-bond donors (Lipinski definition) is 1. The van der Waals surface area contributed by atoms with E-state index in [2.05, 4.69) is 13.8 Å². The fourth-order valence-electron chi connectivity index (χ4n) is 1.87. The van der Waals surface area contributed by atoms with Crippen LogP contribution in [0.2, 0.25) is 0 Å². The molecule has 2 N–H and O–H groups in total. The average molecular weight is 193 g/mol. The summed E-state index contributed by atoms with van der Waals surface area (Å²) in [6, 6.07) is 4.98. The third-order valence-corrected chi connectivity index (χ3v) is 2.96. The van der Waals surface area contributed by atoms with Crippen molar-refractivity contribution in [1.29, 1.82) is 0 Å². The molecule has 0 aliphatic heterocycles. The zero-order valence-electron chi connectivity index (χ0n) is 8.68. The van der Waals surface area contributed by atoms with Gasteiger partial charge in [-0.25, -0.2) is 4.39 Å². The van der Waals surface area contributed by atoms with Gasteiger partial charge in [-0.05, 0) is 42.0 Å². The van der Waals surface area contributed by atoms with Gasteiger partial charge in [-0.2, -0.15) is 0 Å². The van der Waals surface area contributed by atoms with Gasteiger partial charge in [0.2, 0.25) is 0 Å². The molecule has 0 bridgehead atoms. The largest absolute Gasteiger partial charge is 0.321 e. The third-order valence-electron chi connectivity index (χ3n) is 2.96. The van der Waals surface area contributed by atoms with Crippen molar-refractivity contribution in [2.45, 2.75) is 38.1 Å². The minimum atomic E-state index is -0.234. The maximum atomic E-state index is 13.1. The van der Waals surface area contributed by atoms with Crippen LogP contribution in [0.3, 0.4) is 0 Å². The molecule has 0 aromatic heterocycles. The molecule has 1 nitrogen and oxygen atoms in total. The van der Waals surface area contributed by atoms with Gasteiger partial charge in [-0.1, -0.05) is 19.9 Å². The monoisotopic (exact) mass is 193 g/mol. The molecule has 0 heterocycles. The minimum Gasteiger partial charge on any atom is -0.321 e. The van der Waals surface area contributed by atoms with Crippen molar-refractivity contribution in [2.24, 2.45) is 5.73 Å². The summed E-state index contributed by atoms with van der Waals surface area (Å²) < 4.78 is 13.1. The molecule has 1 aliphatic rings. The molecule has 0 amide bonds. The molecular formula is C12H16FN. The second-order valence-electron chi connectivity index (χ2n) is 4.54. The van der Waals surface area contributed by atoms with E-state index in [1.807, 2.05) is 6.07 Å². The van der Waals surface area contributed by atoms with Gasteiger partial charge in [0.05, 0.1) is 0 Å². The van der Waals surface area contributed by atoms with E-state index in [4.69, 9.17) is 5.73 Å². The van der Waals surface area contributed by atoms with Crippen molar-refractivity contribution in [3.8, 4) is 0 Å². The lowest BCUT2D eigenvalue weighted by Crippen LogP contribution is -2.21. The highest BCUT2D eigenvalue weighted by atomic mass is 19.1. The molecule has 1 fully saturated rings. The third kappa shape index (κ3) is 1.55. The van der Waals surface area contributed by atoms with Crippen molar-refractivity contribution >= 4 is 0 Å². The fourth-order valence-corrected chi connectivity index (χ4v) is 1.87. The van der Waals surface area contributed by atoms with Gasteiger partial charge in [0.25, 0.3) is 0 Å². The lowest BCUT2D eigenvalue weighted by Gasteiger charge is -2.17. The second-order valence-corrected chi connectivity index (χ2v) is 4.54. The van der Waals surface area contributed by atoms with Crippen LogP contribution in [0.5, 0.6) is 0 Å². The van der Waals surface area contributed by atoms with Gasteiger partial charge in [-0.15, -0.1) is 0 Å². The van der Waals surface area contributed by atoms with Gasteiger partial charge >= 0.3 is 0 Å². The number of rotatable bonds is 2. The summed E-state index contributed by atoms with van der Waals surface area (Å²) in [5, 5.41) is 0. The molecule has 1 aromatic rings. The smallest absolute Gasteiger partial charge is 0.123 e. The van der Waals surface area contributed by atoms with Crippen molar-refractivity contribution in [2.75, 3.05) is 0 Å². The molecule has 0 spiro atoms. The normalized spacial score (nSPS) is 18.6. The van der Waals surface area contributed by atoms with Crippen LogP contribution in [0, 0.1) is 5.82 Å². The summed E-state index contributed by atoms with van der Waals surface area (Å²) in [6.45, 7) is 4.23. The number of halogens is 1. The van der Waals surface area contributed by atoms with Crippen LogP contribution < -0.4 is 5.73 Å². The molecule has 0 radical (unpaired) electrons. The van der Waals surface area contributed by atoms with Crippen LogP contribution in [0.25, 0.3) is 0 Å². The molecule has 2 rings (SSSR count). The Morgan fingerprint density at radius 2 is 2.00 bits per heavy atom. The molecule has 0 saturated heterocycles. The van der Waals surface area contributed by atoms with E-state index in [9.17, 15) is 4.39 Å². The Kier molecular flexibility index (Phi) is 2.11. The van der Waals surface area contributed by atoms with E-state index in [0.717, 1.165) is 18.4 Å². The van der Waals surface area contributed by atoms with E-state index >= 15 is 0 Å². The van der Waals surface area contributed by atoms with Crippen LogP contribution >= 0.6 is 0 Å². The van der Waals surface area contributed by atoms with Gasteiger partial charge in [0.1, 0.15) is 5.82 Å². The Morgan fingerprint density at radius 1 is 1.36 bits per heavy atom. The van der Waals surface area contributed by atoms with Crippen LogP contribution in [0.15, 0.2) is 18.2 Å². The van der Waals surface area contributed by atoms with Gasteiger partial charge < -0.3 is 5.73 Å². The topological polar surface area (TPSA) is 26.0 Å². The molecule has 14 heavy (non-hydrogen) atoms. The number of hydrogen-bond acceptors (Lipinski definition) is 1. The minimum absolute atomic E-state index is 0.180. The average Bonchev–Trinajstić information content (AvgIpc) is 2.84. The summed E-state index contributed by atoms with van der Waals surface area (Å²) in [6.07, 6.45) is 1.96. The van der Waals surface area contributed by atoms with E-state index in [0.29, 0.717) is 5.92 Å². The van der Waals surface area contributed by atoms with Crippen molar-refractivity contribution in [3.63, 3.8) is 0 Å². The second kappa shape index (κ2) is 3.06. The Labute approximate surface area is 84.1 Å². The Bertz CT molecular complexity index is 353. The molecular weight excluding hydrogens is 177 g/mol. The van der Waals surface area contributed by atoms with Gasteiger partial charge in [-0.3, -0.25) is 0 Å². The predicted octanol–water partition coefficient (Wildman–Crippen LogP) is 2.90. The predicted molar refractivity (Wildman–Crippen MR) is 55.6 cm³/mol. The summed E-state index contributed by atoms with van der Waals surface area (Å²) in [5.74, 6) is 0.229. The first-order valence-electron chi connectivity index (χ1n) is 5.12. The van der Waals surface area contributed by atoms with Crippen molar-refractivity contribution in [3.05, 3.63) is 35.1 Å². The summed E-state index contributed by atoms with van der Waals surface area (Å²) >= 11 is 0. The Morgan fingerprint density at radius 3 is 2.50 bits per heavy atom. The lowest BCUT2D eigenvalue weighted by molar-refractivity contribution is 0.613. The van der Waals surface area contributed by atoms with Crippen LogP contribution in [0.4, 0.5) is 4.39 Å². The lowest BCUT2D eigenvalue weighted by atomic mass is 9.91. The maximum Gasteiger partial charge on any atom is 0.123 e. The summed E-state index contributed by atoms with van der Waals surface area (Å²) in [7, 11) is 0. The zero-order chi connectivity index (χ0) is 10.3. The maximum absolute atomic E-state index is 13.1.